The number of nitrogens with zero attached hydrogens (tertiary/aromatic N) is 4. The molecule has 3 rings (SSSR count). The molecular formula is C20H27ClIN5. The standard InChI is InChI=1S/C20H26ClN5.HI/c1-22-20(25(2)15-17-6-5-7-18(21)12-17)24-14-16-8-9-23-19(13-16)26-10-3-4-11-26;/h5-9,12-13H,3-4,10-11,14-15H2,1-2H3,(H,22,24);1H. The molecule has 1 aliphatic heterocycles. The van der Waals surface area contributed by atoms with Crippen LogP contribution in [-0.4, -0.2) is 43.0 Å². The van der Waals surface area contributed by atoms with Crippen molar-refractivity contribution in [3.8, 4) is 0 Å². The summed E-state index contributed by atoms with van der Waals surface area (Å²) in [7, 11) is 3.83. The summed E-state index contributed by atoms with van der Waals surface area (Å²) in [6.45, 7) is 3.67. The highest BCUT2D eigenvalue weighted by Crippen LogP contribution is 2.18. The zero-order valence-electron chi connectivity index (χ0n) is 15.9. The molecule has 2 aromatic rings. The number of anilines is 1. The lowest BCUT2D eigenvalue weighted by atomic mass is 10.2. The Morgan fingerprint density at radius 1 is 1.22 bits per heavy atom. The van der Waals surface area contributed by atoms with Gasteiger partial charge in [0.05, 0.1) is 0 Å². The molecule has 0 unspecified atom stereocenters. The summed E-state index contributed by atoms with van der Waals surface area (Å²) in [6, 6.07) is 12.1. The van der Waals surface area contributed by atoms with Crippen molar-refractivity contribution >= 4 is 47.4 Å². The second kappa shape index (κ2) is 10.7. The van der Waals surface area contributed by atoms with Crippen LogP contribution in [0, 0.1) is 0 Å². The van der Waals surface area contributed by atoms with Crippen molar-refractivity contribution < 1.29 is 0 Å². The van der Waals surface area contributed by atoms with Crippen molar-refractivity contribution in [3.05, 3.63) is 58.7 Å². The molecule has 7 heteroatoms. The van der Waals surface area contributed by atoms with Gasteiger partial charge in [-0.3, -0.25) is 4.99 Å². The summed E-state index contributed by atoms with van der Waals surface area (Å²) in [5.74, 6) is 1.92. The molecule has 1 saturated heterocycles. The lowest BCUT2D eigenvalue weighted by Crippen LogP contribution is -2.38. The minimum atomic E-state index is 0. The summed E-state index contributed by atoms with van der Waals surface area (Å²) in [4.78, 5) is 13.3. The maximum atomic E-state index is 6.08. The Labute approximate surface area is 183 Å². The molecule has 1 aromatic heterocycles. The molecule has 0 radical (unpaired) electrons. The Kier molecular flexibility index (Phi) is 8.63. The maximum absolute atomic E-state index is 6.08. The number of benzene rings is 1. The molecule has 1 aliphatic rings. The molecule has 0 bridgehead atoms. The van der Waals surface area contributed by atoms with E-state index in [2.05, 4.69) is 43.3 Å². The first-order valence-electron chi connectivity index (χ1n) is 9.02. The monoisotopic (exact) mass is 499 g/mol. The Balaban J connectivity index is 0.00000261. The van der Waals surface area contributed by atoms with Crippen LogP contribution in [0.15, 0.2) is 47.6 Å². The number of rotatable bonds is 5. The van der Waals surface area contributed by atoms with Crippen molar-refractivity contribution in [1.82, 2.24) is 15.2 Å². The molecular weight excluding hydrogens is 473 g/mol. The Bertz CT molecular complexity index is 762. The van der Waals surface area contributed by atoms with Crippen LogP contribution in [0.3, 0.4) is 0 Å². The topological polar surface area (TPSA) is 43.8 Å². The van der Waals surface area contributed by atoms with E-state index >= 15 is 0 Å². The lowest BCUT2D eigenvalue weighted by Gasteiger charge is -2.23. The average molecular weight is 500 g/mol. The number of nitrogens with one attached hydrogen (secondary N) is 1. The van der Waals surface area contributed by atoms with E-state index < -0.39 is 0 Å². The Morgan fingerprint density at radius 2 is 2.00 bits per heavy atom. The number of hydrogen-bond donors (Lipinski definition) is 1. The van der Waals surface area contributed by atoms with E-state index in [4.69, 9.17) is 11.6 Å². The molecule has 0 atom stereocenters. The summed E-state index contributed by atoms with van der Waals surface area (Å²) in [5, 5.41) is 4.19. The van der Waals surface area contributed by atoms with Crippen molar-refractivity contribution in [2.75, 3.05) is 32.1 Å². The van der Waals surface area contributed by atoms with Gasteiger partial charge in [-0.2, -0.15) is 0 Å². The fraction of sp³-hybridized carbons (Fsp3) is 0.400. The molecule has 0 aliphatic carbocycles. The molecule has 0 amide bonds. The van der Waals surface area contributed by atoms with Crippen LogP contribution in [0.2, 0.25) is 5.02 Å². The van der Waals surface area contributed by atoms with Crippen molar-refractivity contribution in [2.24, 2.45) is 4.99 Å². The predicted octanol–water partition coefficient (Wildman–Crippen LogP) is 4.16. The Morgan fingerprint density at radius 3 is 2.70 bits per heavy atom. The van der Waals surface area contributed by atoms with Crippen LogP contribution in [0.25, 0.3) is 0 Å². The molecule has 5 nitrogen and oxygen atoms in total. The van der Waals surface area contributed by atoms with Gasteiger partial charge in [0.15, 0.2) is 5.96 Å². The van der Waals surface area contributed by atoms with Crippen LogP contribution >= 0.6 is 35.6 Å². The fourth-order valence-electron chi connectivity index (χ4n) is 3.24. The van der Waals surface area contributed by atoms with Crippen LogP contribution in [0.4, 0.5) is 5.82 Å². The summed E-state index contributed by atoms with van der Waals surface area (Å²) in [5.41, 5.74) is 2.36. The quantitative estimate of drug-likeness (QED) is 0.381. The van der Waals surface area contributed by atoms with E-state index in [1.807, 2.05) is 31.4 Å². The second-order valence-corrected chi connectivity index (χ2v) is 7.04. The van der Waals surface area contributed by atoms with Gasteiger partial charge in [0.1, 0.15) is 5.82 Å². The number of aromatic nitrogens is 1. The van der Waals surface area contributed by atoms with Crippen molar-refractivity contribution in [2.45, 2.75) is 25.9 Å². The average Bonchev–Trinajstić information content (AvgIpc) is 3.17. The zero-order chi connectivity index (χ0) is 18.4. The molecule has 1 fully saturated rings. The highest BCUT2D eigenvalue weighted by atomic mass is 127. The summed E-state index contributed by atoms with van der Waals surface area (Å²) >= 11 is 6.08. The van der Waals surface area contributed by atoms with Crippen LogP contribution in [0.5, 0.6) is 0 Å². The van der Waals surface area contributed by atoms with Gasteiger partial charge in [-0.15, -0.1) is 24.0 Å². The third-order valence-corrected chi connectivity index (χ3v) is 4.81. The molecule has 1 aromatic carbocycles. The third-order valence-electron chi connectivity index (χ3n) is 4.57. The van der Waals surface area contributed by atoms with Gasteiger partial charge in [0, 0.05) is 51.5 Å². The first-order chi connectivity index (χ1) is 12.7. The summed E-state index contributed by atoms with van der Waals surface area (Å²) in [6.07, 6.45) is 4.40. The highest BCUT2D eigenvalue weighted by Gasteiger charge is 2.14. The third kappa shape index (κ3) is 6.24. The number of aliphatic imine (C=N–C) groups is 1. The van der Waals surface area contributed by atoms with Gasteiger partial charge in [-0.1, -0.05) is 23.7 Å². The number of guanidine groups is 1. The highest BCUT2D eigenvalue weighted by molar-refractivity contribution is 14.0. The van der Waals surface area contributed by atoms with Gasteiger partial charge in [0.2, 0.25) is 0 Å². The summed E-state index contributed by atoms with van der Waals surface area (Å²) < 4.78 is 0. The fourth-order valence-corrected chi connectivity index (χ4v) is 3.45. The molecule has 0 saturated carbocycles. The van der Waals surface area contributed by atoms with Crippen molar-refractivity contribution in [3.63, 3.8) is 0 Å². The minimum Gasteiger partial charge on any atom is -0.357 e. The maximum Gasteiger partial charge on any atom is 0.193 e. The zero-order valence-corrected chi connectivity index (χ0v) is 18.9. The molecule has 1 N–H and O–H groups in total. The van der Waals surface area contributed by atoms with E-state index in [1.165, 1.54) is 18.4 Å². The van der Waals surface area contributed by atoms with Gasteiger partial charge in [-0.05, 0) is 48.2 Å². The van der Waals surface area contributed by atoms with Gasteiger partial charge in [-0.25, -0.2) is 4.98 Å². The van der Waals surface area contributed by atoms with Crippen LogP contribution < -0.4 is 10.2 Å². The van der Waals surface area contributed by atoms with Crippen LogP contribution in [-0.2, 0) is 13.1 Å². The van der Waals surface area contributed by atoms with Crippen molar-refractivity contribution in [1.29, 1.82) is 0 Å². The Hall–Kier alpha value is -1.54. The van der Waals surface area contributed by atoms with E-state index in [0.717, 1.165) is 48.5 Å². The first-order valence-corrected chi connectivity index (χ1v) is 9.39. The predicted molar refractivity (Wildman–Crippen MR) is 124 cm³/mol. The second-order valence-electron chi connectivity index (χ2n) is 6.60. The normalized spacial score (nSPS) is 14.0. The van der Waals surface area contributed by atoms with E-state index in [-0.39, 0.29) is 24.0 Å². The smallest absolute Gasteiger partial charge is 0.193 e. The SMILES string of the molecule is CN=C(NCc1ccnc(N2CCCC2)c1)N(C)Cc1cccc(Cl)c1.I. The van der Waals surface area contributed by atoms with Crippen LogP contribution in [0.1, 0.15) is 24.0 Å². The van der Waals surface area contributed by atoms with E-state index in [1.54, 1.807) is 7.05 Å². The molecule has 27 heavy (non-hydrogen) atoms. The molecule has 2 heterocycles. The van der Waals surface area contributed by atoms with Gasteiger partial charge in [0.25, 0.3) is 0 Å². The van der Waals surface area contributed by atoms with Gasteiger partial charge >= 0.3 is 0 Å². The molecule has 146 valence electrons. The van der Waals surface area contributed by atoms with E-state index in [0.29, 0.717) is 0 Å². The first kappa shape index (κ1) is 21.8. The minimum absolute atomic E-state index is 0. The van der Waals surface area contributed by atoms with E-state index in [9.17, 15) is 0 Å². The largest absolute Gasteiger partial charge is 0.357 e. The molecule has 0 spiro atoms. The lowest BCUT2D eigenvalue weighted by molar-refractivity contribution is 0.476. The number of pyridine rings is 1. The number of halogens is 2. The van der Waals surface area contributed by atoms with Gasteiger partial charge < -0.3 is 15.1 Å². The number of hydrogen-bond acceptors (Lipinski definition) is 3.